The van der Waals surface area contributed by atoms with E-state index in [1.54, 1.807) is 0 Å². The molecule has 0 radical (unpaired) electrons. The number of amides is 1. The second-order valence-corrected chi connectivity index (χ2v) is 6.47. The van der Waals surface area contributed by atoms with Crippen molar-refractivity contribution in [3.8, 4) is 0 Å². The van der Waals surface area contributed by atoms with Gasteiger partial charge < -0.3 is 10.6 Å². The van der Waals surface area contributed by atoms with Gasteiger partial charge in [-0.15, -0.1) is 0 Å². The Morgan fingerprint density at radius 2 is 1.50 bits per heavy atom. The molecule has 128 valence electrons. The molecule has 2 aromatic rings. The average Bonchev–Trinajstić information content (AvgIpc) is 2.60. The first-order valence-corrected chi connectivity index (χ1v) is 8.74. The third-order valence-electron chi connectivity index (χ3n) is 4.20. The molecular weight excluding hydrogens is 320 g/mol. The molecule has 2 aromatic carbocycles. The topological polar surface area (TPSA) is 41.1 Å². The number of halogens is 1. The zero-order chi connectivity index (χ0) is 17.5. The molecule has 24 heavy (non-hydrogen) atoms. The van der Waals surface area contributed by atoms with E-state index in [1.807, 2.05) is 38.1 Å². The van der Waals surface area contributed by atoms with Gasteiger partial charge in [-0.25, -0.2) is 0 Å². The molecule has 0 saturated carbocycles. The maximum atomic E-state index is 12.1. The minimum absolute atomic E-state index is 0.00366. The molecule has 0 unspecified atom stereocenters. The average molecular weight is 345 g/mol. The van der Waals surface area contributed by atoms with Crippen molar-refractivity contribution in [1.82, 2.24) is 10.6 Å². The maximum absolute atomic E-state index is 12.1. The SMILES string of the molecule is CCc1ccc([C@H](C)NC(=O)CN[C@H](C)c2ccc(Cl)cc2)cc1. The Balaban J connectivity index is 1.82. The van der Waals surface area contributed by atoms with Crippen molar-refractivity contribution in [1.29, 1.82) is 0 Å². The number of hydrogen-bond acceptors (Lipinski definition) is 2. The lowest BCUT2D eigenvalue weighted by molar-refractivity contribution is -0.121. The predicted octanol–water partition coefficient (Wildman–Crippen LogP) is 4.43. The third-order valence-corrected chi connectivity index (χ3v) is 4.46. The smallest absolute Gasteiger partial charge is 0.234 e. The Kier molecular flexibility index (Phi) is 6.83. The fourth-order valence-corrected chi connectivity index (χ4v) is 2.66. The zero-order valence-electron chi connectivity index (χ0n) is 14.5. The summed E-state index contributed by atoms with van der Waals surface area (Å²) >= 11 is 5.89. The molecule has 2 N–H and O–H groups in total. The van der Waals surface area contributed by atoms with Crippen molar-refractivity contribution in [2.45, 2.75) is 39.3 Å². The highest BCUT2D eigenvalue weighted by atomic mass is 35.5. The van der Waals surface area contributed by atoms with Crippen LogP contribution in [0.25, 0.3) is 0 Å². The summed E-state index contributed by atoms with van der Waals surface area (Å²) in [5.74, 6) is -0.0112. The van der Waals surface area contributed by atoms with Crippen LogP contribution >= 0.6 is 11.6 Å². The summed E-state index contributed by atoms with van der Waals surface area (Å²) in [6.07, 6.45) is 1.02. The summed E-state index contributed by atoms with van der Waals surface area (Å²) in [6.45, 7) is 6.44. The molecular formula is C20H25ClN2O. The Hall–Kier alpha value is -1.84. The highest BCUT2D eigenvalue weighted by Crippen LogP contribution is 2.16. The number of nitrogens with one attached hydrogen (secondary N) is 2. The van der Waals surface area contributed by atoms with Gasteiger partial charge in [0.15, 0.2) is 0 Å². The molecule has 0 aliphatic rings. The zero-order valence-corrected chi connectivity index (χ0v) is 15.2. The van der Waals surface area contributed by atoms with Gasteiger partial charge in [0.25, 0.3) is 0 Å². The molecule has 0 heterocycles. The van der Waals surface area contributed by atoms with Gasteiger partial charge in [0.2, 0.25) is 5.91 Å². The van der Waals surface area contributed by atoms with E-state index in [0.29, 0.717) is 5.02 Å². The van der Waals surface area contributed by atoms with Crippen LogP contribution in [0, 0.1) is 0 Å². The van der Waals surface area contributed by atoms with Crippen molar-refractivity contribution in [3.05, 3.63) is 70.2 Å². The van der Waals surface area contributed by atoms with Crippen molar-refractivity contribution in [2.75, 3.05) is 6.54 Å². The first-order chi connectivity index (χ1) is 11.5. The molecule has 2 atom stereocenters. The molecule has 0 fully saturated rings. The minimum atomic E-state index is -0.0112. The predicted molar refractivity (Wildman–Crippen MR) is 100 cm³/mol. The van der Waals surface area contributed by atoms with Gasteiger partial charge in [0, 0.05) is 11.1 Å². The second-order valence-electron chi connectivity index (χ2n) is 6.04. The van der Waals surface area contributed by atoms with Crippen LogP contribution in [0.5, 0.6) is 0 Å². The Morgan fingerprint density at radius 1 is 0.958 bits per heavy atom. The quantitative estimate of drug-likeness (QED) is 0.780. The second kappa shape index (κ2) is 8.86. The molecule has 3 nitrogen and oxygen atoms in total. The molecule has 0 bridgehead atoms. The van der Waals surface area contributed by atoms with Crippen LogP contribution in [-0.2, 0) is 11.2 Å². The van der Waals surface area contributed by atoms with E-state index >= 15 is 0 Å². The van der Waals surface area contributed by atoms with E-state index in [9.17, 15) is 4.79 Å². The first-order valence-electron chi connectivity index (χ1n) is 8.36. The molecule has 2 rings (SSSR count). The normalized spacial score (nSPS) is 13.3. The van der Waals surface area contributed by atoms with Gasteiger partial charge in [0.1, 0.15) is 0 Å². The molecule has 4 heteroatoms. The lowest BCUT2D eigenvalue weighted by atomic mass is 10.0. The van der Waals surface area contributed by atoms with Gasteiger partial charge >= 0.3 is 0 Å². The van der Waals surface area contributed by atoms with Crippen molar-refractivity contribution in [3.63, 3.8) is 0 Å². The molecule has 0 spiro atoms. The van der Waals surface area contributed by atoms with Gasteiger partial charge in [-0.05, 0) is 49.1 Å². The van der Waals surface area contributed by atoms with Crippen molar-refractivity contribution in [2.24, 2.45) is 0 Å². The van der Waals surface area contributed by atoms with Gasteiger partial charge in [-0.1, -0.05) is 54.9 Å². The van der Waals surface area contributed by atoms with E-state index in [-0.39, 0.29) is 24.5 Å². The lowest BCUT2D eigenvalue weighted by Crippen LogP contribution is -2.36. The number of benzene rings is 2. The summed E-state index contributed by atoms with van der Waals surface area (Å²) in [6, 6.07) is 16.1. The van der Waals surface area contributed by atoms with Crippen LogP contribution in [-0.4, -0.2) is 12.5 Å². The third kappa shape index (κ3) is 5.36. The van der Waals surface area contributed by atoms with Gasteiger partial charge in [-0.2, -0.15) is 0 Å². The first kappa shape index (κ1) is 18.5. The van der Waals surface area contributed by atoms with Gasteiger partial charge in [-0.3, -0.25) is 4.79 Å². The number of aryl methyl sites for hydroxylation is 1. The van der Waals surface area contributed by atoms with Crippen molar-refractivity contribution >= 4 is 17.5 Å². The molecule has 0 saturated heterocycles. The standard InChI is InChI=1S/C20H25ClN2O/c1-4-16-5-7-18(8-6-16)15(3)23-20(24)13-22-14(2)17-9-11-19(21)12-10-17/h5-12,14-15,22H,4,13H2,1-3H3,(H,23,24)/t14-,15+/m1/s1. The summed E-state index contributed by atoms with van der Waals surface area (Å²) in [4.78, 5) is 12.1. The highest BCUT2D eigenvalue weighted by molar-refractivity contribution is 6.30. The van der Waals surface area contributed by atoms with Crippen LogP contribution in [0.3, 0.4) is 0 Å². The van der Waals surface area contributed by atoms with E-state index in [0.717, 1.165) is 17.5 Å². The van der Waals surface area contributed by atoms with E-state index in [4.69, 9.17) is 11.6 Å². The molecule has 0 aliphatic heterocycles. The fourth-order valence-electron chi connectivity index (χ4n) is 2.53. The highest BCUT2D eigenvalue weighted by Gasteiger charge is 2.11. The van der Waals surface area contributed by atoms with E-state index in [1.165, 1.54) is 5.56 Å². The maximum Gasteiger partial charge on any atom is 0.234 e. The Labute approximate surface area is 149 Å². The summed E-state index contributed by atoms with van der Waals surface area (Å²) < 4.78 is 0. The Morgan fingerprint density at radius 3 is 2.08 bits per heavy atom. The van der Waals surface area contributed by atoms with E-state index in [2.05, 4.69) is 41.8 Å². The minimum Gasteiger partial charge on any atom is -0.348 e. The van der Waals surface area contributed by atoms with E-state index < -0.39 is 0 Å². The largest absolute Gasteiger partial charge is 0.348 e. The summed E-state index contributed by atoms with van der Waals surface area (Å²) in [7, 11) is 0. The lowest BCUT2D eigenvalue weighted by Gasteiger charge is -2.17. The monoisotopic (exact) mass is 344 g/mol. The molecule has 0 aliphatic carbocycles. The fraction of sp³-hybridized carbons (Fsp3) is 0.350. The van der Waals surface area contributed by atoms with Gasteiger partial charge in [0.05, 0.1) is 12.6 Å². The molecule has 1 amide bonds. The summed E-state index contributed by atoms with van der Waals surface area (Å²) in [5.41, 5.74) is 3.53. The number of carbonyl (C=O) groups excluding carboxylic acids is 1. The van der Waals surface area contributed by atoms with Crippen LogP contribution in [0.2, 0.25) is 5.02 Å². The number of rotatable bonds is 7. The molecule has 0 aromatic heterocycles. The Bertz CT molecular complexity index is 652. The van der Waals surface area contributed by atoms with Crippen molar-refractivity contribution < 1.29 is 4.79 Å². The number of hydrogen-bond donors (Lipinski definition) is 2. The van der Waals surface area contributed by atoms with Crippen LogP contribution in [0.15, 0.2) is 48.5 Å². The summed E-state index contributed by atoms with van der Waals surface area (Å²) in [5, 5.41) is 6.98. The van der Waals surface area contributed by atoms with Crippen LogP contribution < -0.4 is 10.6 Å². The number of carbonyl (C=O) groups is 1. The van der Waals surface area contributed by atoms with Crippen LogP contribution in [0.4, 0.5) is 0 Å². The van der Waals surface area contributed by atoms with Crippen LogP contribution in [0.1, 0.15) is 49.5 Å².